The van der Waals surface area contributed by atoms with E-state index in [1.54, 1.807) is 0 Å². The molecular weight excluding hydrogens is 338 g/mol. The summed E-state index contributed by atoms with van der Waals surface area (Å²) < 4.78 is 11.7. The normalized spacial score (nSPS) is 15.4. The van der Waals surface area contributed by atoms with E-state index in [4.69, 9.17) is 9.15 Å². The lowest BCUT2D eigenvalue weighted by Gasteiger charge is -2.32. The van der Waals surface area contributed by atoms with Crippen molar-refractivity contribution in [3.8, 4) is 5.75 Å². The standard InChI is InChI=1S/C23H25NO3/c1-14(18-8-6-5-7-9-18)11-24-12-19-10-20-15(2)16(3)23(25)27-22(20)17(4)21(19)26-13-24/h5-10,14H,11-13H2,1-4H3. The van der Waals surface area contributed by atoms with Crippen molar-refractivity contribution in [3.05, 3.63) is 74.6 Å². The number of ether oxygens (including phenoxy) is 1. The first-order chi connectivity index (χ1) is 13.0. The van der Waals surface area contributed by atoms with Crippen LogP contribution in [-0.4, -0.2) is 18.2 Å². The van der Waals surface area contributed by atoms with Crippen LogP contribution in [0.1, 0.15) is 40.7 Å². The Hall–Kier alpha value is -2.59. The van der Waals surface area contributed by atoms with Gasteiger partial charge in [-0.3, -0.25) is 4.90 Å². The van der Waals surface area contributed by atoms with Crippen molar-refractivity contribution in [1.29, 1.82) is 0 Å². The van der Waals surface area contributed by atoms with Crippen molar-refractivity contribution < 1.29 is 9.15 Å². The van der Waals surface area contributed by atoms with Crippen LogP contribution in [0.2, 0.25) is 0 Å². The van der Waals surface area contributed by atoms with E-state index in [-0.39, 0.29) is 5.63 Å². The van der Waals surface area contributed by atoms with E-state index < -0.39 is 0 Å². The molecule has 0 radical (unpaired) electrons. The zero-order valence-corrected chi connectivity index (χ0v) is 16.3. The summed E-state index contributed by atoms with van der Waals surface area (Å²) in [5.41, 5.74) is 5.45. The number of rotatable bonds is 3. The molecular formula is C23H25NO3. The van der Waals surface area contributed by atoms with Gasteiger partial charge >= 0.3 is 5.63 Å². The van der Waals surface area contributed by atoms with E-state index >= 15 is 0 Å². The highest BCUT2D eigenvalue weighted by atomic mass is 16.5. The Morgan fingerprint density at radius 3 is 2.56 bits per heavy atom. The van der Waals surface area contributed by atoms with Crippen LogP contribution in [0.15, 0.2) is 45.6 Å². The molecule has 4 nitrogen and oxygen atoms in total. The maximum atomic E-state index is 12.1. The van der Waals surface area contributed by atoms with Crippen LogP contribution in [0, 0.1) is 20.8 Å². The molecule has 1 aromatic heterocycles. The molecule has 0 saturated heterocycles. The van der Waals surface area contributed by atoms with Gasteiger partial charge in [-0.25, -0.2) is 4.79 Å². The van der Waals surface area contributed by atoms with Gasteiger partial charge in [0.05, 0.1) is 0 Å². The maximum Gasteiger partial charge on any atom is 0.339 e. The van der Waals surface area contributed by atoms with E-state index in [0.29, 0.717) is 23.8 Å². The highest BCUT2D eigenvalue weighted by Crippen LogP contribution is 2.36. The van der Waals surface area contributed by atoms with Crippen molar-refractivity contribution in [1.82, 2.24) is 4.90 Å². The van der Waals surface area contributed by atoms with Gasteiger partial charge in [0.1, 0.15) is 18.1 Å². The van der Waals surface area contributed by atoms with Gasteiger partial charge in [0.2, 0.25) is 0 Å². The molecule has 0 aliphatic carbocycles. The van der Waals surface area contributed by atoms with Gasteiger partial charge in [0.15, 0.2) is 0 Å². The molecule has 1 aliphatic heterocycles. The first-order valence-electron chi connectivity index (χ1n) is 9.42. The minimum atomic E-state index is -0.267. The van der Waals surface area contributed by atoms with E-state index in [2.05, 4.69) is 42.2 Å². The molecule has 0 amide bonds. The monoisotopic (exact) mass is 363 g/mol. The average molecular weight is 363 g/mol. The van der Waals surface area contributed by atoms with Crippen LogP contribution in [0.4, 0.5) is 0 Å². The van der Waals surface area contributed by atoms with Crippen LogP contribution < -0.4 is 10.4 Å². The SMILES string of the molecule is Cc1c(C)c2cc3c(c(C)c2oc1=O)OCN(CC(C)c1ccccc1)C3. The van der Waals surface area contributed by atoms with Crippen LogP contribution in [-0.2, 0) is 6.54 Å². The largest absolute Gasteiger partial charge is 0.477 e. The van der Waals surface area contributed by atoms with Crippen molar-refractivity contribution in [3.63, 3.8) is 0 Å². The fourth-order valence-electron chi connectivity index (χ4n) is 3.94. The zero-order chi connectivity index (χ0) is 19.1. The molecule has 0 fully saturated rings. The van der Waals surface area contributed by atoms with Crippen LogP contribution >= 0.6 is 0 Å². The van der Waals surface area contributed by atoms with Gasteiger partial charge in [-0.2, -0.15) is 0 Å². The van der Waals surface area contributed by atoms with Crippen molar-refractivity contribution in [2.75, 3.05) is 13.3 Å². The summed E-state index contributed by atoms with van der Waals surface area (Å²) in [7, 11) is 0. The zero-order valence-electron chi connectivity index (χ0n) is 16.3. The Balaban J connectivity index is 1.66. The number of fused-ring (bicyclic) bond motifs is 2. The Labute approximate surface area is 159 Å². The Morgan fingerprint density at radius 1 is 1.07 bits per heavy atom. The third kappa shape index (κ3) is 3.15. The summed E-state index contributed by atoms with van der Waals surface area (Å²) >= 11 is 0. The molecule has 4 rings (SSSR count). The van der Waals surface area contributed by atoms with Crippen LogP contribution in [0.25, 0.3) is 11.0 Å². The van der Waals surface area contributed by atoms with E-state index in [0.717, 1.165) is 40.9 Å². The average Bonchev–Trinajstić information content (AvgIpc) is 2.68. The number of aryl methyl sites for hydroxylation is 2. The predicted molar refractivity (Wildman–Crippen MR) is 107 cm³/mol. The molecule has 3 aromatic rings. The second-order valence-corrected chi connectivity index (χ2v) is 7.60. The van der Waals surface area contributed by atoms with Gasteiger partial charge in [0.25, 0.3) is 0 Å². The summed E-state index contributed by atoms with van der Waals surface area (Å²) in [4.78, 5) is 14.4. The van der Waals surface area contributed by atoms with Gasteiger partial charge in [-0.1, -0.05) is 37.3 Å². The summed E-state index contributed by atoms with van der Waals surface area (Å²) in [6, 6.07) is 12.7. The number of nitrogens with zero attached hydrogens (tertiary/aromatic N) is 1. The van der Waals surface area contributed by atoms with E-state index in [1.807, 2.05) is 26.8 Å². The number of benzene rings is 2. The van der Waals surface area contributed by atoms with Crippen molar-refractivity contribution in [2.45, 2.75) is 40.2 Å². The molecule has 2 heterocycles. The first-order valence-corrected chi connectivity index (χ1v) is 9.42. The molecule has 1 unspecified atom stereocenters. The highest BCUT2D eigenvalue weighted by Gasteiger charge is 2.24. The lowest BCUT2D eigenvalue weighted by Crippen LogP contribution is -2.35. The second kappa shape index (κ2) is 6.86. The Bertz CT molecular complexity index is 1050. The van der Waals surface area contributed by atoms with Crippen LogP contribution in [0.3, 0.4) is 0 Å². The Morgan fingerprint density at radius 2 is 1.81 bits per heavy atom. The molecule has 1 aliphatic rings. The molecule has 2 aromatic carbocycles. The quantitative estimate of drug-likeness (QED) is 0.634. The molecule has 140 valence electrons. The molecule has 0 saturated carbocycles. The first kappa shape index (κ1) is 17.8. The van der Waals surface area contributed by atoms with Crippen molar-refractivity contribution in [2.24, 2.45) is 0 Å². The molecule has 0 N–H and O–H groups in total. The fourth-order valence-corrected chi connectivity index (χ4v) is 3.94. The minimum absolute atomic E-state index is 0.267. The smallest absolute Gasteiger partial charge is 0.339 e. The van der Waals surface area contributed by atoms with Gasteiger partial charge in [0, 0.05) is 35.2 Å². The van der Waals surface area contributed by atoms with Gasteiger partial charge in [-0.05, 0) is 43.9 Å². The predicted octanol–water partition coefficient (Wildman–Crippen LogP) is 4.67. The van der Waals surface area contributed by atoms with Gasteiger partial charge < -0.3 is 9.15 Å². The second-order valence-electron chi connectivity index (χ2n) is 7.60. The number of hydrogen-bond donors (Lipinski definition) is 0. The topological polar surface area (TPSA) is 42.7 Å². The summed E-state index contributed by atoms with van der Waals surface area (Å²) in [5.74, 6) is 1.29. The Kier molecular flexibility index (Phi) is 4.52. The summed E-state index contributed by atoms with van der Waals surface area (Å²) in [6.07, 6.45) is 0. The molecule has 0 spiro atoms. The third-order valence-corrected chi connectivity index (χ3v) is 5.69. The number of hydrogen-bond acceptors (Lipinski definition) is 4. The lowest BCUT2D eigenvalue weighted by atomic mass is 9.98. The third-order valence-electron chi connectivity index (χ3n) is 5.69. The molecule has 1 atom stereocenters. The lowest BCUT2D eigenvalue weighted by molar-refractivity contribution is 0.0900. The molecule has 4 heteroatoms. The fraction of sp³-hybridized carbons (Fsp3) is 0.348. The minimum Gasteiger partial charge on any atom is -0.477 e. The molecule has 27 heavy (non-hydrogen) atoms. The molecule has 0 bridgehead atoms. The van der Waals surface area contributed by atoms with E-state index in [1.165, 1.54) is 5.56 Å². The van der Waals surface area contributed by atoms with Crippen molar-refractivity contribution >= 4 is 11.0 Å². The maximum absolute atomic E-state index is 12.1. The van der Waals surface area contributed by atoms with E-state index in [9.17, 15) is 4.79 Å². The van der Waals surface area contributed by atoms with Crippen LogP contribution in [0.5, 0.6) is 5.75 Å². The summed E-state index contributed by atoms with van der Waals surface area (Å²) in [5, 5.41) is 1.00. The van der Waals surface area contributed by atoms with Gasteiger partial charge in [-0.15, -0.1) is 0 Å². The highest BCUT2D eigenvalue weighted by molar-refractivity contribution is 5.87. The summed E-state index contributed by atoms with van der Waals surface area (Å²) in [6.45, 7) is 10.3.